The number of benzene rings is 1. The zero-order valence-corrected chi connectivity index (χ0v) is 15.2. The van der Waals surface area contributed by atoms with Crippen molar-refractivity contribution in [1.82, 2.24) is 19.9 Å². The molecule has 2 heterocycles. The zero-order valence-electron chi connectivity index (χ0n) is 15.2. The minimum absolute atomic E-state index is 0.0639. The van der Waals surface area contributed by atoms with Crippen molar-refractivity contribution in [1.29, 1.82) is 0 Å². The number of carbonyl (C=O) groups is 1. The van der Waals surface area contributed by atoms with Gasteiger partial charge in [0.15, 0.2) is 0 Å². The minimum atomic E-state index is -0.598. The van der Waals surface area contributed by atoms with E-state index in [2.05, 4.69) is 15.0 Å². The monoisotopic (exact) mass is 359 g/mol. The van der Waals surface area contributed by atoms with Crippen molar-refractivity contribution in [2.75, 3.05) is 39.9 Å². The lowest BCUT2D eigenvalue weighted by Gasteiger charge is -2.35. The van der Waals surface area contributed by atoms with Crippen LogP contribution in [0.3, 0.4) is 0 Å². The van der Waals surface area contributed by atoms with E-state index in [1.807, 2.05) is 31.2 Å². The van der Waals surface area contributed by atoms with Gasteiger partial charge in [-0.25, -0.2) is 0 Å². The van der Waals surface area contributed by atoms with Crippen LogP contribution in [0, 0.1) is 6.92 Å². The van der Waals surface area contributed by atoms with E-state index in [1.165, 1.54) is 5.56 Å². The van der Waals surface area contributed by atoms with E-state index in [-0.39, 0.29) is 12.5 Å². The summed E-state index contributed by atoms with van der Waals surface area (Å²) in [6, 6.07) is 7.42. The second-order valence-electron chi connectivity index (χ2n) is 6.54. The molecule has 1 aromatic carbocycles. The molecule has 26 heavy (non-hydrogen) atoms. The van der Waals surface area contributed by atoms with Gasteiger partial charge in [0, 0.05) is 38.9 Å². The molecule has 0 bridgehead atoms. The smallest absolute Gasteiger partial charge is 0.241 e. The number of methoxy groups -OCH3 is 1. The highest BCUT2D eigenvalue weighted by Gasteiger charge is 2.26. The third kappa shape index (κ3) is 4.46. The summed E-state index contributed by atoms with van der Waals surface area (Å²) in [5, 5.41) is 4.06. The Labute approximate surface area is 152 Å². The maximum Gasteiger partial charge on any atom is 0.241 e. The molecule has 3 rings (SSSR count). The molecule has 0 radical (unpaired) electrons. The van der Waals surface area contributed by atoms with E-state index in [0.29, 0.717) is 31.3 Å². The fourth-order valence-electron chi connectivity index (χ4n) is 2.94. The first-order chi connectivity index (χ1) is 12.6. The number of ether oxygens (including phenoxy) is 1. The summed E-state index contributed by atoms with van der Waals surface area (Å²) in [4.78, 5) is 20.6. The Morgan fingerprint density at radius 2 is 1.96 bits per heavy atom. The summed E-state index contributed by atoms with van der Waals surface area (Å²) in [5.74, 6) is 1.11. The first-order valence-electron chi connectivity index (χ1n) is 8.72. The number of amides is 1. The van der Waals surface area contributed by atoms with Crippen molar-refractivity contribution >= 4 is 5.91 Å². The maximum absolute atomic E-state index is 12.2. The number of rotatable bonds is 6. The van der Waals surface area contributed by atoms with Crippen molar-refractivity contribution in [3.05, 3.63) is 35.7 Å². The first-order valence-corrected chi connectivity index (χ1v) is 8.72. The van der Waals surface area contributed by atoms with E-state index in [0.717, 1.165) is 18.7 Å². The average Bonchev–Trinajstić information content (AvgIpc) is 3.11. The predicted molar refractivity (Wildman–Crippen MR) is 96.2 cm³/mol. The molecule has 1 unspecified atom stereocenters. The van der Waals surface area contributed by atoms with Crippen LogP contribution in [0.15, 0.2) is 28.8 Å². The number of carbonyl (C=O) groups excluding carboxylic acids is 1. The lowest BCUT2D eigenvalue weighted by molar-refractivity contribution is -0.135. The Bertz CT molecular complexity index is 723. The van der Waals surface area contributed by atoms with Gasteiger partial charge in [-0.05, 0) is 6.92 Å². The Morgan fingerprint density at radius 3 is 2.62 bits per heavy atom. The van der Waals surface area contributed by atoms with Gasteiger partial charge in [0.1, 0.15) is 6.04 Å². The van der Waals surface area contributed by atoms with Crippen molar-refractivity contribution in [2.24, 2.45) is 5.73 Å². The van der Waals surface area contributed by atoms with E-state index < -0.39 is 6.04 Å². The summed E-state index contributed by atoms with van der Waals surface area (Å²) in [6.45, 7) is 5.61. The lowest BCUT2D eigenvalue weighted by atomic mass is 10.1. The third-order valence-electron chi connectivity index (χ3n) is 4.48. The number of nitrogens with two attached hydrogens (primary N) is 1. The van der Waals surface area contributed by atoms with Crippen LogP contribution < -0.4 is 5.73 Å². The van der Waals surface area contributed by atoms with Crippen LogP contribution in [0.25, 0.3) is 11.4 Å². The summed E-state index contributed by atoms with van der Waals surface area (Å²) in [7, 11) is 1.54. The zero-order chi connectivity index (χ0) is 18.5. The normalized spacial score (nSPS) is 16.7. The number of nitrogens with zero attached hydrogens (tertiary/aromatic N) is 4. The third-order valence-corrected chi connectivity index (χ3v) is 4.48. The van der Waals surface area contributed by atoms with E-state index in [1.54, 1.807) is 12.0 Å². The second-order valence-corrected chi connectivity index (χ2v) is 6.54. The van der Waals surface area contributed by atoms with Gasteiger partial charge in [-0.1, -0.05) is 35.0 Å². The van der Waals surface area contributed by atoms with Gasteiger partial charge in [-0.15, -0.1) is 0 Å². The largest absolute Gasteiger partial charge is 0.383 e. The summed E-state index contributed by atoms with van der Waals surface area (Å²) in [5.41, 5.74) is 7.95. The number of piperazine rings is 1. The van der Waals surface area contributed by atoms with Gasteiger partial charge in [-0.3, -0.25) is 9.69 Å². The van der Waals surface area contributed by atoms with E-state index in [9.17, 15) is 4.79 Å². The number of hydrogen-bond donors (Lipinski definition) is 1. The molecule has 1 aromatic heterocycles. The molecule has 0 saturated carbocycles. The highest BCUT2D eigenvalue weighted by atomic mass is 16.5. The topological polar surface area (TPSA) is 97.7 Å². The minimum Gasteiger partial charge on any atom is -0.383 e. The molecular formula is C18H25N5O3. The summed E-state index contributed by atoms with van der Waals surface area (Å²) >= 11 is 0. The first kappa shape index (κ1) is 18.5. The highest BCUT2D eigenvalue weighted by molar-refractivity contribution is 5.81. The Kier molecular flexibility index (Phi) is 5.97. The molecule has 1 atom stereocenters. The molecule has 1 aliphatic rings. The van der Waals surface area contributed by atoms with Crippen LogP contribution in [-0.4, -0.2) is 71.8 Å². The van der Waals surface area contributed by atoms with Gasteiger partial charge < -0.3 is 19.9 Å². The number of hydrogen-bond acceptors (Lipinski definition) is 7. The quantitative estimate of drug-likeness (QED) is 0.809. The molecule has 1 aliphatic heterocycles. The van der Waals surface area contributed by atoms with Crippen molar-refractivity contribution in [3.63, 3.8) is 0 Å². The molecule has 2 N–H and O–H groups in total. The Balaban J connectivity index is 1.52. The molecule has 2 aromatic rings. The predicted octanol–water partition coefficient (Wildman–Crippen LogP) is 0.663. The Morgan fingerprint density at radius 1 is 1.27 bits per heavy atom. The number of aromatic nitrogens is 2. The number of aryl methyl sites for hydroxylation is 1. The van der Waals surface area contributed by atoms with Gasteiger partial charge in [0.2, 0.25) is 17.6 Å². The van der Waals surface area contributed by atoms with Crippen molar-refractivity contribution in [3.8, 4) is 11.4 Å². The van der Waals surface area contributed by atoms with Gasteiger partial charge in [-0.2, -0.15) is 4.98 Å². The van der Waals surface area contributed by atoms with Crippen LogP contribution in [0.2, 0.25) is 0 Å². The molecule has 1 saturated heterocycles. The van der Waals surface area contributed by atoms with Crippen molar-refractivity contribution in [2.45, 2.75) is 19.5 Å². The fraction of sp³-hybridized carbons (Fsp3) is 0.500. The maximum atomic E-state index is 12.2. The standard InChI is InChI=1S/C18H25N5O3/c1-13-3-5-14(6-4-13)17-20-16(26-21-17)11-22-7-9-23(10-8-22)18(24)15(19)12-25-2/h3-6,15H,7-12,19H2,1-2H3. The van der Waals surface area contributed by atoms with Crippen LogP contribution in [-0.2, 0) is 16.1 Å². The SMILES string of the molecule is COCC(N)C(=O)N1CCN(Cc2nc(-c3ccc(C)cc3)no2)CC1. The molecule has 8 heteroatoms. The fourth-order valence-corrected chi connectivity index (χ4v) is 2.94. The molecule has 0 aliphatic carbocycles. The van der Waals surface area contributed by atoms with Gasteiger partial charge >= 0.3 is 0 Å². The highest BCUT2D eigenvalue weighted by Crippen LogP contribution is 2.17. The van der Waals surface area contributed by atoms with Gasteiger partial charge in [0.25, 0.3) is 0 Å². The molecule has 1 amide bonds. The van der Waals surface area contributed by atoms with E-state index >= 15 is 0 Å². The summed E-state index contributed by atoms with van der Waals surface area (Å²) < 4.78 is 10.3. The second kappa shape index (κ2) is 8.39. The molecular weight excluding hydrogens is 334 g/mol. The van der Waals surface area contributed by atoms with Crippen LogP contribution in [0.5, 0.6) is 0 Å². The van der Waals surface area contributed by atoms with Gasteiger partial charge in [0.05, 0.1) is 13.2 Å². The van der Waals surface area contributed by atoms with Crippen LogP contribution in [0.4, 0.5) is 0 Å². The summed E-state index contributed by atoms with van der Waals surface area (Å²) in [6.07, 6.45) is 0. The van der Waals surface area contributed by atoms with Crippen LogP contribution >= 0.6 is 0 Å². The average molecular weight is 359 g/mol. The molecule has 8 nitrogen and oxygen atoms in total. The van der Waals surface area contributed by atoms with Crippen molar-refractivity contribution < 1.29 is 14.1 Å². The lowest BCUT2D eigenvalue weighted by Crippen LogP contribution is -2.53. The molecule has 140 valence electrons. The van der Waals surface area contributed by atoms with E-state index in [4.69, 9.17) is 15.0 Å². The Hall–Kier alpha value is -2.29. The molecule has 1 fully saturated rings. The molecule has 0 spiro atoms. The van der Waals surface area contributed by atoms with Crippen LogP contribution in [0.1, 0.15) is 11.5 Å².